The van der Waals surface area contributed by atoms with E-state index in [9.17, 15) is 0 Å². The van der Waals surface area contributed by atoms with Gasteiger partial charge in [-0.1, -0.05) is 66.2 Å². The molecule has 0 aromatic heterocycles. The average Bonchev–Trinajstić information content (AvgIpc) is 2.71. The maximum absolute atomic E-state index is 2.72. The Labute approximate surface area is 174 Å². The van der Waals surface area contributed by atoms with E-state index in [1.54, 1.807) is 0 Å². The molecule has 2 aliphatic rings. The highest BCUT2D eigenvalue weighted by atomic mass is 15.2. The van der Waals surface area contributed by atoms with Crippen molar-refractivity contribution in [3.63, 3.8) is 0 Å². The molecule has 2 nitrogen and oxygen atoms in total. The summed E-state index contributed by atoms with van der Waals surface area (Å²) in [5.74, 6) is 1.42. The fourth-order valence-corrected chi connectivity index (χ4v) is 5.34. The molecule has 0 spiro atoms. The van der Waals surface area contributed by atoms with Gasteiger partial charge in [-0.15, -0.1) is 0 Å². The molecule has 2 heteroatoms. The molecule has 0 aliphatic heterocycles. The van der Waals surface area contributed by atoms with Crippen LogP contribution in [0.5, 0.6) is 0 Å². The molecule has 0 radical (unpaired) electrons. The van der Waals surface area contributed by atoms with Crippen LogP contribution in [0.3, 0.4) is 0 Å². The zero-order valence-corrected chi connectivity index (χ0v) is 19.0. The highest BCUT2D eigenvalue weighted by Gasteiger charge is 2.24. The molecule has 0 saturated heterocycles. The van der Waals surface area contributed by atoms with Crippen LogP contribution in [0.1, 0.15) is 91.9 Å². The van der Waals surface area contributed by atoms with Crippen molar-refractivity contribution in [2.75, 3.05) is 22.9 Å². The van der Waals surface area contributed by atoms with Crippen molar-refractivity contribution >= 4 is 11.4 Å². The fourth-order valence-electron chi connectivity index (χ4n) is 5.34. The Morgan fingerprint density at radius 2 is 0.929 bits per heavy atom. The van der Waals surface area contributed by atoms with Gasteiger partial charge in [0.25, 0.3) is 0 Å². The van der Waals surface area contributed by atoms with Gasteiger partial charge in [0.05, 0.1) is 0 Å². The molecule has 3 rings (SSSR count). The van der Waals surface area contributed by atoms with Gasteiger partial charge in [0.1, 0.15) is 0 Å². The molecule has 1 aromatic carbocycles. The monoisotopic (exact) mass is 384 g/mol. The molecule has 2 aliphatic carbocycles. The third-order valence-electron chi connectivity index (χ3n) is 6.67. The molecule has 0 unspecified atom stereocenters. The van der Waals surface area contributed by atoms with Gasteiger partial charge in [0, 0.05) is 36.5 Å². The topological polar surface area (TPSA) is 6.48 Å². The first-order valence-corrected chi connectivity index (χ1v) is 12.2. The van der Waals surface area contributed by atoms with Crippen molar-refractivity contribution in [1.82, 2.24) is 0 Å². The van der Waals surface area contributed by atoms with Gasteiger partial charge in [-0.25, -0.2) is 0 Å². The number of nitrogens with zero attached hydrogens (tertiary/aromatic N) is 2. The van der Waals surface area contributed by atoms with Gasteiger partial charge in [-0.05, 0) is 61.8 Å². The van der Waals surface area contributed by atoms with E-state index < -0.39 is 0 Å². The lowest BCUT2D eigenvalue weighted by molar-refractivity contribution is 0.400. The normalized spacial score (nSPS) is 19.4. The molecule has 0 N–H and O–H groups in total. The smallest absolute Gasteiger partial charge is 0.0370 e. The van der Waals surface area contributed by atoms with Crippen molar-refractivity contribution in [1.29, 1.82) is 0 Å². The zero-order valence-electron chi connectivity index (χ0n) is 19.0. The van der Waals surface area contributed by atoms with E-state index in [-0.39, 0.29) is 0 Å². The standard InChI is InChI=1S/C26H44N2/c1-21(2)19-27(23-11-7-5-8-12-23)25-15-17-26(18-16-25)28(20-22(3)4)24-13-9-6-10-14-24/h15-18,21-24H,5-14,19-20H2,1-4H3. The molecule has 0 bridgehead atoms. The first-order chi connectivity index (χ1) is 13.5. The van der Waals surface area contributed by atoms with Gasteiger partial charge in [0.2, 0.25) is 0 Å². The second-order valence-electron chi connectivity index (χ2n) is 10.2. The van der Waals surface area contributed by atoms with E-state index in [0.717, 1.165) is 12.1 Å². The van der Waals surface area contributed by atoms with E-state index in [0.29, 0.717) is 11.8 Å². The number of rotatable bonds is 8. The summed E-state index contributed by atoms with van der Waals surface area (Å²) >= 11 is 0. The van der Waals surface area contributed by atoms with Crippen LogP contribution in [0.25, 0.3) is 0 Å². The maximum Gasteiger partial charge on any atom is 0.0370 e. The molecular formula is C26H44N2. The average molecular weight is 385 g/mol. The summed E-state index contributed by atoms with van der Waals surface area (Å²) in [6.45, 7) is 11.8. The van der Waals surface area contributed by atoms with Crippen molar-refractivity contribution in [3.8, 4) is 0 Å². The van der Waals surface area contributed by atoms with Crippen LogP contribution in [0.2, 0.25) is 0 Å². The van der Waals surface area contributed by atoms with E-state index in [4.69, 9.17) is 0 Å². The molecule has 158 valence electrons. The van der Waals surface area contributed by atoms with Crippen molar-refractivity contribution in [2.45, 2.75) is 104 Å². The van der Waals surface area contributed by atoms with Crippen LogP contribution in [-0.2, 0) is 0 Å². The second kappa shape index (κ2) is 10.6. The van der Waals surface area contributed by atoms with Crippen LogP contribution in [-0.4, -0.2) is 25.2 Å². The summed E-state index contributed by atoms with van der Waals surface area (Å²) in [5, 5.41) is 0. The van der Waals surface area contributed by atoms with E-state index in [1.807, 2.05) is 0 Å². The molecule has 28 heavy (non-hydrogen) atoms. The largest absolute Gasteiger partial charge is 0.368 e. The minimum absolute atomic E-state index is 0.710. The first kappa shape index (κ1) is 21.5. The Morgan fingerprint density at radius 1 is 0.607 bits per heavy atom. The Balaban J connectivity index is 1.77. The lowest BCUT2D eigenvalue weighted by atomic mass is 9.92. The highest BCUT2D eigenvalue weighted by Crippen LogP contribution is 2.32. The minimum Gasteiger partial charge on any atom is -0.368 e. The number of hydrogen-bond acceptors (Lipinski definition) is 2. The van der Waals surface area contributed by atoms with Crippen molar-refractivity contribution in [3.05, 3.63) is 24.3 Å². The zero-order chi connectivity index (χ0) is 19.9. The number of benzene rings is 1. The summed E-state index contributed by atoms with van der Waals surface area (Å²) in [7, 11) is 0. The lowest BCUT2D eigenvalue weighted by Gasteiger charge is -2.39. The van der Waals surface area contributed by atoms with Gasteiger partial charge in [-0.3, -0.25) is 0 Å². The SMILES string of the molecule is CC(C)CN(c1ccc(N(CC(C)C)C2CCCCC2)cc1)C1CCCCC1. The Morgan fingerprint density at radius 3 is 1.21 bits per heavy atom. The van der Waals surface area contributed by atoms with Crippen LogP contribution >= 0.6 is 0 Å². The third-order valence-corrected chi connectivity index (χ3v) is 6.67. The summed E-state index contributed by atoms with van der Waals surface area (Å²) in [5.41, 5.74) is 2.88. The van der Waals surface area contributed by atoms with E-state index in [2.05, 4.69) is 61.8 Å². The summed E-state index contributed by atoms with van der Waals surface area (Å²) in [6, 6.07) is 11.2. The van der Waals surface area contributed by atoms with Crippen molar-refractivity contribution in [2.24, 2.45) is 11.8 Å². The maximum atomic E-state index is 2.72. The molecule has 0 atom stereocenters. The predicted molar refractivity (Wildman–Crippen MR) is 125 cm³/mol. The molecule has 2 fully saturated rings. The lowest BCUT2D eigenvalue weighted by Crippen LogP contribution is -2.40. The highest BCUT2D eigenvalue weighted by molar-refractivity contribution is 5.57. The third kappa shape index (κ3) is 5.91. The van der Waals surface area contributed by atoms with Crippen LogP contribution in [0, 0.1) is 11.8 Å². The minimum atomic E-state index is 0.710. The van der Waals surface area contributed by atoms with Gasteiger partial charge in [0.15, 0.2) is 0 Å². The van der Waals surface area contributed by atoms with Crippen LogP contribution < -0.4 is 9.80 Å². The van der Waals surface area contributed by atoms with Crippen LogP contribution in [0.15, 0.2) is 24.3 Å². The van der Waals surface area contributed by atoms with E-state index in [1.165, 1.54) is 88.7 Å². The Bertz CT molecular complexity index is 499. The molecule has 1 aromatic rings. The quantitative estimate of drug-likeness (QED) is 0.465. The van der Waals surface area contributed by atoms with E-state index >= 15 is 0 Å². The Hall–Kier alpha value is -1.18. The number of hydrogen-bond donors (Lipinski definition) is 0. The van der Waals surface area contributed by atoms with Crippen LogP contribution in [0.4, 0.5) is 11.4 Å². The molecule has 0 heterocycles. The molecular weight excluding hydrogens is 340 g/mol. The van der Waals surface area contributed by atoms with Gasteiger partial charge < -0.3 is 9.80 Å². The summed E-state index contributed by atoms with van der Waals surface area (Å²) in [6.07, 6.45) is 14.0. The summed E-state index contributed by atoms with van der Waals surface area (Å²) < 4.78 is 0. The molecule has 2 saturated carbocycles. The summed E-state index contributed by atoms with van der Waals surface area (Å²) in [4.78, 5) is 5.45. The predicted octanol–water partition coefficient (Wildman–Crippen LogP) is 7.28. The van der Waals surface area contributed by atoms with Gasteiger partial charge >= 0.3 is 0 Å². The Kier molecular flexibility index (Phi) is 8.11. The van der Waals surface area contributed by atoms with Crippen molar-refractivity contribution < 1.29 is 0 Å². The van der Waals surface area contributed by atoms with Gasteiger partial charge in [-0.2, -0.15) is 0 Å². The second-order valence-corrected chi connectivity index (χ2v) is 10.2. The first-order valence-electron chi connectivity index (χ1n) is 12.2. The fraction of sp³-hybridized carbons (Fsp3) is 0.769. The number of anilines is 2. The molecule has 0 amide bonds.